The molecule has 2 atom stereocenters. The maximum Gasteiger partial charge on any atom is 0.332 e. The first-order valence-electron chi connectivity index (χ1n) is 9.07. The third-order valence-corrected chi connectivity index (χ3v) is 3.68. The fourth-order valence-electron chi connectivity index (χ4n) is 2.01. The molecule has 0 heterocycles. The van der Waals surface area contributed by atoms with Gasteiger partial charge in [0.05, 0.1) is 6.61 Å². The van der Waals surface area contributed by atoms with E-state index < -0.39 is 24.0 Å². The summed E-state index contributed by atoms with van der Waals surface area (Å²) in [4.78, 5) is 23.5. The molecule has 0 bridgehead atoms. The Hall–Kier alpha value is -1.46. The van der Waals surface area contributed by atoms with Gasteiger partial charge in [0, 0.05) is 0 Å². The van der Waals surface area contributed by atoms with Crippen LogP contribution in [0.2, 0.25) is 0 Å². The largest absolute Gasteiger partial charge is 0.480 e. The van der Waals surface area contributed by atoms with Crippen molar-refractivity contribution in [3.8, 4) is 0 Å². The second kappa shape index (κ2) is 12.9. The molecule has 6 nitrogen and oxygen atoms in total. The number of ether oxygens (including phenoxy) is 1. The average molecular weight is 342 g/mol. The first kappa shape index (κ1) is 22.5. The lowest BCUT2D eigenvalue weighted by atomic mass is 10.0. The van der Waals surface area contributed by atoms with Crippen LogP contribution in [0.3, 0.4) is 0 Å². The van der Waals surface area contributed by atoms with Gasteiger partial charge >= 0.3 is 11.9 Å². The predicted octanol–water partition coefficient (Wildman–Crippen LogP) is 4.48. The number of rotatable bonds is 13. The van der Waals surface area contributed by atoms with Gasteiger partial charge in [0.25, 0.3) is 0 Å². The van der Waals surface area contributed by atoms with Crippen molar-refractivity contribution in [1.29, 1.82) is 0 Å². The lowest BCUT2D eigenvalue weighted by Crippen LogP contribution is -2.24. The minimum absolute atomic E-state index is 0.374. The van der Waals surface area contributed by atoms with Crippen molar-refractivity contribution in [3.63, 3.8) is 0 Å². The van der Waals surface area contributed by atoms with E-state index in [2.05, 4.69) is 24.1 Å². The summed E-state index contributed by atoms with van der Waals surface area (Å²) in [5.41, 5.74) is 0. The van der Waals surface area contributed by atoms with Gasteiger partial charge in [-0.25, -0.2) is 9.59 Å². The van der Waals surface area contributed by atoms with Gasteiger partial charge in [0.2, 0.25) is 0 Å². The molecule has 0 aromatic heterocycles. The number of nitrogens with zero attached hydrogens (tertiary/aromatic N) is 2. The molecule has 0 aromatic rings. The summed E-state index contributed by atoms with van der Waals surface area (Å²) in [7, 11) is 0. The smallest absolute Gasteiger partial charge is 0.332 e. The van der Waals surface area contributed by atoms with Gasteiger partial charge in [0.15, 0.2) is 12.1 Å². The third kappa shape index (κ3) is 11.1. The monoisotopic (exact) mass is 342 g/mol. The third-order valence-electron chi connectivity index (χ3n) is 3.68. The van der Waals surface area contributed by atoms with Crippen molar-refractivity contribution in [2.45, 2.75) is 85.2 Å². The fraction of sp³-hybridized carbons (Fsp3) is 0.889. The Kier molecular flexibility index (Phi) is 12.1. The molecule has 6 heteroatoms. The summed E-state index contributed by atoms with van der Waals surface area (Å²) in [5.74, 6) is -0.567. The van der Waals surface area contributed by atoms with Gasteiger partial charge in [0.1, 0.15) is 0 Å². The van der Waals surface area contributed by atoms with Crippen molar-refractivity contribution >= 4 is 11.9 Å². The van der Waals surface area contributed by atoms with Crippen LogP contribution >= 0.6 is 0 Å². The van der Waals surface area contributed by atoms with E-state index >= 15 is 0 Å². The zero-order chi connectivity index (χ0) is 18.5. The highest BCUT2D eigenvalue weighted by atomic mass is 16.5. The molecule has 0 rings (SSSR count). The van der Waals surface area contributed by atoms with Crippen LogP contribution in [0.15, 0.2) is 10.2 Å². The van der Waals surface area contributed by atoms with Crippen LogP contribution in [0.1, 0.15) is 73.1 Å². The van der Waals surface area contributed by atoms with Gasteiger partial charge in [-0.15, -0.1) is 0 Å². The molecule has 0 fully saturated rings. The van der Waals surface area contributed by atoms with Crippen LogP contribution in [0.4, 0.5) is 0 Å². The van der Waals surface area contributed by atoms with Crippen molar-refractivity contribution < 1.29 is 19.4 Å². The summed E-state index contributed by atoms with van der Waals surface area (Å²) in [6.07, 6.45) is 4.29. The second-order valence-corrected chi connectivity index (χ2v) is 7.06. The predicted molar refractivity (Wildman–Crippen MR) is 94.1 cm³/mol. The van der Waals surface area contributed by atoms with Gasteiger partial charge in [-0.05, 0) is 43.9 Å². The zero-order valence-corrected chi connectivity index (χ0v) is 15.8. The second-order valence-electron chi connectivity index (χ2n) is 7.06. The quantitative estimate of drug-likeness (QED) is 0.304. The highest BCUT2D eigenvalue weighted by molar-refractivity contribution is 5.76. The van der Waals surface area contributed by atoms with E-state index in [9.17, 15) is 14.7 Å². The van der Waals surface area contributed by atoms with E-state index in [0.717, 1.165) is 25.7 Å². The zero-order valence-electron chi connectivity index (χ0n) is 15.8. The number of carboxylic acid groups (broad SMARTS) is 1. The number of azo groups is 1. The highest BCUT2D eigenvalue weighted by Crippen LogP contribution is 2.15. The summed E-state index contributed by atoms with van der Waals surface area (Å²) in [6, 6.07) is -1.59. The molecule has 0 aliphatic carbocycles. The topological polar surface area (TPSA) is 88.3 Å². The fourth-order valence-corrected chi connectivity index (χ4v) is 2.01. The van der Waals surface area contributed by atoms with Gasteiger partial charge < -0.3 is 9.84 Å². The molecule has 24 heavy (non-hydrogen) atoms. The van der Waals surface area contributed by atoms with Crippen LogP contribution in [-0.2, 0) is 14.3 Å². The molecule has 0 aromatic carbocycles. The molecule has 1 N–H and O–H groups in total. The number of aliphatic carboxylic acids is 1. The minimum Gasteiger partial charge on any atom is -0.480 e. The Morgan fingerprint density at radius 2 is 1.42 bits per heavy atom. The van der Waals surface area contributed by atoms with Crippen molar-refractivity contribution in [1.82, 2.24) is 0 Å². The molecular formula is C18H34N2O4. The summed E-state index contributed by atoms with van der Waals surface area (Å²) >= 11 is 0. The molecule has 0 amide bonds. The molecule has 0 saturated heterocycles. The average Bonchev–Trinajstić information content (AvgIpc) is 2.49. The number of carbonyl (C=O) groups excluding carboxylic acids is 1. The summed E-state index contributed by atoms with van der Waals surface area (Å²) in [5, 5.41) is 17.3. The number of esters is 1. The van der Waals surface area contributed by atoms with E-state index in [0.29, 0.717) is 31.3 Å². The summed E-state index contributed by atoms with van der Waals surface area (Å²) < 4.78 is 5.23. The lowest BCUT2D eigenvalue weighted by molar-refractivity contribution is -0.146. The standard InChI is InChI=1S/C18H34N2O4/c1-6-7-12-24-18(23)16(11-9-14(4)5)20-19-15(17(21)22)10-8-13(2)3/h13-16H,6-12H2,1-5H3,(H,21,22). The van der Waals surface area contributed by atoms with Crippen molar-refractivity contribution in [2.24, 2.45) is 22.1 Å². The lowest BCUT2D eigenvalue weighted by Gasteiger charge is -2.14. The Morgan fingerprint density at radius 1 is 0.917 bits per heavy atom. The maximum atomic E-state index is 12.2. The number of hydrogen-bond acceptors (Lipinski definition) is 5. The van der Waals surface area contributed by atoms with E-state index in [1.54, 1.807) is 0 Å². The Balaban J connectivity index is 4.83. The van der Waals surface area contributed by atoms with Gasteiger partial charge in [-0.3, -0.25) is 0 Å². The van der Waals surface area contributed by atoms with E-state index in [4.69, 9.17) is 4.74 Å². The molecule has 0 saturated carbocycles. The van der Waals surface area contributed by atoms with Crippen LogP contribution < -0.4 is 0 Å². The number of carboxylic acids is 1. The SMILES string of the molecule is CCCCOC(=O)C(CCC(C)C)N=NC(CCC(C)C)C(=O)O. The van der Waals surface area contributed by atoms with E-state index in [-0.39, 0.29) is 0 Å². The normalized spacial score (nSPS) is 14.3. The maximum absolute atomic E-state index is 12.2. The Morgan fingerprint density at radius 3 is 1.88 bits per heavy atom. The van der Waals surface area contributed by atoms with Crippen LogP contribution in [0.5, 0.6) is 0 Å². The number of hydrogen-bond donors (Lipinski definition) is 1. The van der Waals surface area contributed by atoms with Gasteiger partial charge in [-0.2, -0.15) is 10.2 Å². The molecule has 0 aliphatic rings. The first-order valence-corrected chi connectivity index (χ1v) is 9.07. The molecule has 140 valence electrons. The van der Waals surface area contributed by atoms with Crippen LogP contribution in [0.25, 0.3) is 0 Å². The van der Waals surface area contributed by atoms with E-state index in [1.807, 2.05) is 20.8 Å². The van der Waals surface area contributed by atoms with Crippen LogP contribution in [0, 0.1) is 11.8 Å². The Bertz CT molecular complexity index is 394. The van der Waals surface area contributed by atoms with Gasteiger partial charge in [-0.1, -0.05) is 41.0 Å². The summed E-state index contributed by atoms with van der Waals surface area (Å²) in [6.45, 7) is 10.6. The first-order chi connectivity index (χ1) is 11.3. The number of carbonyl (C=O) groups is 2. The number of unbranched alkanes of at least 4 members (excludes halogenated alkanes) is 1. The van der Waals surface area contributed by atoms with E-state index in [1.165, 1.54) is 0 Å². The Labute approximate surface area is 146 Å². The highest BCUT2D eigenvalue weighted by Gasteiger charge is 2.22. The molecule has 0 radical (unpaired) electrons. The van der Waals surface area contributed by atoms with Crippen molar-refractivity contribution in [2.75, 3.05) is 6.61 Å². The van der Waals surface area contributed by atoms with Crippen molar-refractivity contribution in [3.05, 3.63) is 0 Å². The van der Waals surface area contributed by atoms with Crippen LogP contribution in [-0.4, -0.2) is 35.7 Å². The minimum atomic E-state index is -0.999. The molecular weight excluding hydrogens is 308 g/mol. The molecule has 2 unspecified atom stereocenters. The molecule has 0 spiro atoms. The molecule has 0 aliphatic heterocycles.